The molecule has 31 heavy (non-hydrogen) atoms. The number of nitrogens with zero attached hydrogens (tertiary/aromatic N) is 2. The highest BCUT2D eigenvalue weighted by Crippen LogP contribution is 2.21. The third kappa shape index (κ3) is 12.3. The van der Waals surface area contributed by atoms with E-state index in [2.05, 4.69) is 37.5 Å². The first kappa shape index (κ1) is 31.2. The molecule has 0 rings (SSSR count). The third-order valence-corrected chi connectivity index (χ3v) is 12.3. The second-order valence-corrected chi connectivity index (χ2v) is 14.1. The van der Waals surface area contributed by atoms with Crippen LogP contribution in [0.15, 0.2) is 0 Å². The maximum absolute atomic E-state index is 6.71. The van der Waals surface area contributed by atoms with E-state index in [1.54, 1.807) is 28.4 Å². The van der Waals surface area contributed by atoms with E-state index in [9.17, 15) is 0 Å². The van der Waals surface area contributed by atoms with E-state index in [0.29, 0.717) is 12.3 Å². The first-order valence-electron chi connectivity index (χ1n) is 12.3. The Morgan fingerprint density at radius 1 is 0.484 bits per heavy atom. The Labute approximate surface area is 195 Å². The first-order chi connectivity index (χ1) is 14.9. The number of hydrogen-bond acceptors (Lipinski definition) is 7. The van der Waals surface area contributed by atoms with Crippen LogP contribution in [0.3, 0.4) is 0 Å². The lowest BCUT2D eigenvalue weighted by Crippen LogP contribution is -2.65. The lowest BCUT2D eigenvalue weighted by molar-refractivity contribution is 0.0650. The molecule has 0 saturated heterocycles. The number of unbranched alkanes of at least 4 members (excludes halogenated alkanes) is 4. The quantitative estimate of drug-likeness (QED) is 0.214. The van der Waals surface area contributed by atoms with Crippen molar-refractivity contribution in [2.45, 2.75) is 79.1 Å². The smallest absolute Gasteiger partial charge is 0.377 e. The molecule has 188 valence electrons. The Hall–Kier alpha value is 0.154. The van der Waals surface area contributed by atoms with Gasteiger partial charge in [-0.3, -0.25) is 9.80 Å². The van der Waals surface area contributed by atoms with Crippen molar-refractivity contribution in [2.24, 2.45) is 0 Å². The van der Waals surface area contributed by atoms with E-state index in [-0.39, 0.29) is 0 Å². The molecule has 0 aliphatic heterocycles. The van der Waals surface area contributed by atoms with E-state index in [1.807, 2.05) is 0 Å². The van der Waals surface area contributed by atoms with Gasteiger partial charge in [0.15, 0.2) is 0 Å². The molecule has 0 radical (unpaired) electrons. The van der Waals surface area contributed by atoms with Crippen LogP contribution in [0.5, 0.6) is 0 Å². The molecule has 0 N–H and O–H groups in total. The van der Waals surface area contributed by atoms with Crippen molar-refractivity contribution in [1.82, 2.24) is 9.80 Å². The van der Waals surface area contributed by atoms with Gasteiger partial charge >= 0.3 is 17.6 Å². The van der Waals surface area contributed by atoms with Gasteiger partial charge in [0.05, 0.1) is 12.3 Å². The van der Waals surface area contributed by atoms with Gasteiger partial charge in [-0.05, 0) is 51.9 Å². The van der Waals surface area contributed by atoms with Crippen LogP contribution in [0.4, 0.5) is 0 Å². The summed E-state index contributed by atoms with van der Waals surface area (Å²) in [6.07, 6.45) is 10.6. The molecule has 0 aliphatic rings. The van der Waals surface area contributed by atoms with Crippen LogP contribution in [0.25, 0.3) is 0 Å². The molecule has 7 nitrogen and oxygen atoms in total. The third-order valence-electron chi connectivity index (χ3n) is 5.70. The first-order valence-corrected chi connectivity index (χ1v) is 16.2. The van der Waals surface area contributed by atoms with E-state index < -0.39 is 17.6 Å². The summed E-state index contributed by atoms with van der Waals surface area (Å²) in [5, 5.41) is 0. The molecule has 0 spiro atoms. The summed E-state index contributed by atoms with van der Waals surface area (Å²) >= 11 is 0. The molecule has 0 aliphatic carbocycles. The summed E-state index contributed by atoms with van der Waals surface area (Å²) in [5.41, 5.74) is 0. The van der Waals surface area contributed by atoms with Gasteiger partial charge < -0.3 is 21.8 Å². The Balaban J connectivity index is 5.57. The zero-order valence-electron chi connectivity index (χ0n) is 21.8. The van der Waals surface area contributed by atoms with Gasteiger partial charge in [0.25, 0.3) is 0 Å². The lowest BCUT2D eigenvalue weighted by atomic mass is 10.3. The molecular weight excluding hydrogens is 428 g/mol. The Bertz CT molecular complexity index is 361. The Morgan fingerprint density at radius 3 is 0.935 bits per heavy atom. The normalized spacial score (nSPS) is 13.0. The number of hydrogen-bond donors (Lipinski definition) is 0. The van der Waals surface area contributed by atoms with Crippen LogP contribution in [0.2, 0.25) is 0 Å². The SMILES string of the molecule is CCCCN(CCCC)C[Si](OC)(OC)O[Si](CN(CCCC)CCCC)(OC)OC. The van der Waals surface area contributed by atoms with Crippen molar-refractivity contribution in [3.8, 4) is 0 Å². The minimum absolute atomic E-state index is 0.658. The summed E-state index contributed by atoms with van der Waals surface area (Å²) in [6, 6.07) is 0. The highest BCUT2D eigenvalue weighted by Gasteiger charge is 2.53. The van der Waals surface area contributed by atoms with Crippen LogP contribution >= 0.6 is 0 Å². The van der Waals surface area contributed by atoms with Gasteiger partial charge in [-0.2, -0.15) is 0 Å². The monoisotopic (exact) mass is 480 g/mol. The highest BCUT2D eigenvalue weighted by atomic mass is 28.5. The Morgan fingerprint density at radius 2 is 0.742 bits per heavy atom. The molecule has 0 bridgehead atoms. The van der Waals surface area contributed by atoms with Gasteiger partial charge in [-0.15, -0.1) is 0 Å². The minimum Gasteiger partial charge on any atom is -0.377 e. The second kappa shape index (κ2) is 18.6. The fraction of sp³-hybridized carbons (Fsp3) is 1.00. The summed E-state index contributed by atoms with van der Waals surface area (Å²) in [4.78, 5) is 4.87. The van der Waals surface area contributed by atoms with Gasteiger partial charge in [-0.25, -0.2) is 0 Å². The van der Waals surface area contributed by atoms with Gasteiger partial charge in [0, 0.05) is 28.4 Å². The average Bonchev–Trinajstić information content (AvgIpc) is 2.81. The summed E-state index contributed by atoms with van der Waals surface area (Å²) in [7, 11) is 0.789. The molecule has 0 aromatic rings. The summed E-state index contributed by atoms with van der Waals surface area (Å²) < 4.78 is 30.7. The minimum atomic E-state index is -3.00. The van der Waals surface area contributed by atoms with Crippen LogP contribution in [0.1, 0.15) is 79.1 Å². The van der Waals surface area contributed by atoms with Crippen LogP contribution < -0.4 is 0 Å². The van der Waals surface area contributed by atoms with Crippen molar-refractivity contribution in [3.05, 3.63) is 0 Å². The molecule has 0 unspecified atom stereocenters. The standard InChI is InChI=1S/C22H52N2O5Si2/c1-9-13-17-23(18-14-10-2)21-30(25-5,26-6)29-31(27-7,28-8)22-24(19-15-11-3)20-16-12-4/h9-22H2,1-8H3. The molecule has 0 heterocycles. The molecule has 9 heteroatoms. The van der Waals surface area contributed by atoms with Crippen LogP contribution in [-0.2, 0) is 21.8 Å². The number of rotatable bonds is 22. The van der Waals surface area contributed by atoms with Gasteiger partial charge in [0.1, 0.15) is 0 Å². The van der Waals surface area contributed by atoms with Gasteiger partial charge in [-0.1, -0.05) is 53.4 Å². The maximum Gasteiger partial charge on any atom is 0.507 e. The van der Waals surface area contributed by atoms with E-state index in [1.165, 1.54) is 0 Å². The van der Waals surface area contributed by atoms with E-state index >= 15 is 0 Å². The lowest BCUT2D eigenvalue weighted by Gasteiger charge is -2.40. The van der Waals surface area contributed by atoms with Gasteiger partial charge in [0.2, 0.25) is 0 Å². The average molecular weight is 481 g/mol. The zero-order chi connectivity index (χ0) is 23.6. The predicted octanol–water partition coefficient (Wildman–Crippen LogP) is 4.35. The molecule has 0 fully saturated rings. The van der Waals surface area contributed by atoms with Crippen molar-refractivity contribution < 1.29 is 21.8 Å². The summed E-state index contributed by atoms with van der Waals surface area (Å²) in [6.45, 7) is 13.0. The molecule has 0 atom stereocenters. The molecular formula is C22H52N2O5Si2. The second-order valence-electron chi connectivity index (χ2n) is 8.25. The molecule has 0 aromatic heterocycles. The summed E-state index contributed by atoms with van der Waals surface area (Å²) in [5.74, 6) is 0. The maximum atomic E-state index is 6.71. The topological polar surface area (TPSA) is 52.6 Å². The van der Waals surface area contributed by atoms with Crippen molar-refractivity contribution in [2.75, 3.05) is 67.0 Å². The molecule has 0 saturated carbocycles. The fourth-order valence-corrected chi connectivity index (χ4v) is 9.83. The van der Waals surface area contributed by atoms with Crippen molar-refractivity contribution in [3.63, 3.8) is 0 Å². The van der Waals surface area contributed by atoms with Crippen LogP contribution in [-0.4, -0.2) is 94.4 Å². The largest absolute Gasteiger partial charge is 0.507 e. The van der Waals surface area contributed by atoms with Crippen molar-refractivity contribution >= 4 is 17.6 Å². The molecule has 0 aromatic carbocycles. The predicted molar refractivity (Wildman–Crippen MR) is 133 cm³/mol. The molecule has 0 amide bonds. The highest BCUT2D eigenvalue weighted by molar-refractivity contribution is 6.75. The van der Waals surface area contributed by atoms with Crippen LogP contribution in [0, 0.1) is 0 Å². The van der Waals surface area contributed by atoms with E-state index in [0.717, 1.165) is 77.5 Å². The van der Waals surface area contributed by atoms with Crippen molar-refractivity contribution in [1.29, 1.82) is 0 Å². The zero-order valence-corrected chi connectivity index (χ0v) is 23.8. The Kier molecular flexibility index (Phi) is 18.7. The van der Waals surface area contributed by atoms with E-state index in [4.69, 9.17) is 21.8 Å². The fourth-order valence-electron chi connectivity index (χ4n) is 3.51.